The third-order valence-electron chi connectivity index (χ3n) is 3.66. The Balaban J connectivity index is 2.37. The molecular weight excluding hydrogens is 306 g/mol. The lowest BCUT2D eigenvalue weighted by Crippen LogP contribution is -2.39. The van der Waals surface area contributed by atoms with Gasteiger partial charge in [0.2, 0.25) is 5.91 Å². The smallest absolute Gasteiger partial charge is 0.416 e. The van der Waals surface area contributed by atoms with Gasteiger partial charge in [0.15, 0.2) is 0 Å². The van der Waals surface area contributed by atoms with Crippen LogP contribution < -0.4 is 0 Å². The van der Waals surface area contributed by atoms with Crippen LogP contribution in [0, 0.1) is 5.82 Å². The fourth-order valence-corrected chi connectivity index (χ4v) is 2.42. The second-order valence-electron chi connectivity index (χ2n) is 5.36. The molecule has 0 aromatic heterocycles. The van der Waals surface area contributed by atoms with Gasteiger partial charge in [-0.3, -0.25) is 9.59 Å². The summed E-state index contributed by atoms with van der Waals surface area (Å²) in [6.45, 7) is -0.567. The molecule has 22 heavy (non-hydrogen) atoms. The first-order chi connectivity index (χ1) is 10.1. The highest BCUT2D eigenvalue weighted by molar-refractivity contribution is 5.93. The zero-order valence-electron chi connectivity index (χ0n) is 11.6. The number of carboxylic acids is 1. The predicted octanol–water partition coefficient (Wildman–Crippen LogP) is 2.42. The molecule has 0 saturated heterocycles. The number of hydrogen-bond acceptors (Lipinski definition) is 2. The van der Waals surface area contributed by atoms with Gasteiger partial charge in [-0.2, -0.15) is 13.2 Å². The van der Waals surface area contributed by atoms with Gasteiger partial charge in [0, 0.05) is 7.05 Å². The maximum atomic E-state index is 13.5. The maximum absolute atomic E-state index is 13.5. The maximum Gasteiger partial charge on any atom is 0.416 e. The number of likely N-dealkylation sites (N-methyl/N-ethyl adjacent to an activating group) is 1. The molecule has 0 heterocycles. The molecular formula is C14H13F4NO3. The summed E-state index contributed by atoms with van der Waals surface area (Å²) in [5.41, 5.74) is -2.49. The van der Waals surface area contributed by atoms with E-state index in [0.717, 1.165) is 17.0 Å². The van der Waals surface area contributed by atoms with E-state index in [0.29, 0.717) is 6.07 Å². The van der Waals surface area contributed by atoms with E-state index in [1.807, 2.05) is 0 Å². The van der Waals surface area contributed by atoms with Gasteiger partial charge in [-0.15, -0.1) is 0 Å². The largest absolute Gasteiger partial charge is 0.480 e. The SMILES string of the molecule is CN(CC(=O)O)C(=O)C1(c2cc(F)cc(C(F)(F)F)c2)CC1. The minimum atomic E-state index is -4.72. The highest BCUT2D eigenvalue weighted by atomic mass is 19.4. The van der Waals surface area contributed by atoms with Gasteiger partial charge in [-0.1, -0.05) is 0 Å². The van der Waals surface area contributed by atoms with Gasteiger partial charge >= 0.3 is 12.1 Å². The Labute approximate surface area is 123 Å². The number of nitrogens with zero attached hydrogens (tertiary/aromatic N) is 1. The standard InChI is InChI=1S/C14H13F4NO3/c1-19(7-11(20)21)12(22)13(2-3-13)8-4-9(14(16,17)18)6-10(15)5-8/h4-6H,2-3,7H2,1H3,(H,20,21). The van der Waals surface area contributed by atoms with Crippen molar-refractivity contribution in [2.24, 2.45) is 0 Å². The number of carboxylic acid groups (broad SMARTS) is 1. The van der Waals surface area contributed by atoms with Crippen LogP contribution in [0.5, 0.6) is 0 Å². The van der Waals surface area contributed by atoms with Crippen LogP contribution in [-0.4, -0.2) is 35.5 Å². The predicted molar refractivity (Wildman–Crippen MR) is 67.6 cm³/mol. The van der Waals surface area contributed by atoms with Crippen molar-refractivity contribution in [1.29, 1.82) is 0 Å². The summed E-state index contributed by atoms with van der Waals surface area (Å²) in [6, 6.07) is 2.02. The van der Waals surface area contributed by atoms with Crippen LogP contribution in [0.4, 0.5) is 17.6 Å². The lowest BCUT2D eigenvalue weighted by molar-refractivity contribution is -0.144. The van der Waals surface area contributed by atoms with Gasteiger partial charge in [0.05, 0.1) is 11.0 Å². The van der Waals surface area contributed by atoms with Crippen molar-refractivity contribution in [2.75, 3.05) is 13.6 Å². The Hall–Kier alpha value is -2.12. The van der Waals surface area contributed by atoms with Crippen LogP contribution in [-0.2, 0) is 21.2 Å². The molecule has 4 nitrogen and oxygen atoms in total. The Morgan fingerprint density at radius 1 is 1.27 bits per heavy atom. The summed E-state index contributed by atoms with van der Waals surface area (Å²) in [6.07, 6.45) is -4.20. The Kier molecular flexibility index (Phi) is 3.88. The molecule has 1 saturated carbocycles. The number of benzene rings is 1. The molecule has 1 aliphatic rings. The van der Waals surface area contributed by atoms with Crippen molar-refractivity contribution >= 4 is 11.9 Å². The van der Waals surface area contributed by atoms with E-state index in [1.165, 1.54) is 7.05 Å². The first kappa shape index (κ1) is 16.3. The summed E-state index contributed by atoms with van der Waals surface area (Å²) in [4.78, 5) is 23.9. The van der Waals surface area contributed by atoms with E-state index in [-0.39, 0.29) is 18.4 Å². The van der Waals surface area contributed by atoms with Crippen LogP contribution in [0.3, 0.4) is 0 Å². The zero-order valence-corrected chi connectivity index (χ0v) is 11.6. The first-order valence-corrected chi connectivity index (χ1v) is 6.42. The molecule has 0 aliphatic heterocycles. The van der Waals surface area contributed by atoms with Crippen molar-refractivity contribution in [1.82, 2.24) is 4.90 Å². The van der Waals surface area contributed by atoms with Gasteiger partial charge in [-0.25, -0.2) is 4.39 Å². The van der Waals surface area contributed by atoms with Crippen LogP contribution in [0.2, 0.25) is 0 Å². The summed E-state index contributed by atoms with van der Waals surface area (Å²) >= 11 is 0. The number of carbonyl (C=O) groups is 2. The zero-order chi connectivity index (χ0) is 16.7. The molecule has 1 fully saturated rings. The van der Waals surface area contributed by atoms with E-state index >= 15 is 0 Å². The second-order valence-corrected chi connectivity index (χ2v) is 5.36. The lowest BCUT2D eigenvalue weighted by Gasteiger charge is -2.23. The Morgan fingerprint density at radius 3 is 2.32 bits per heavy atom. The van der Waals surface area contributed by atoms with E-state index in [9.17, 15) is 27.2 Å². The fourth-order valence-electron chi connectivity index (χ4n) is 2.42. The fraction of sp³-hybridized carbons (Fsp3) is 0.429. The summed E-state index contributed by atoms with van der Waals surface area (Å²) in [5, 5.41) is 8.68. The summed E-state index contributed by atoms with van der Waals surface area (Å²) in [7, 11) is 1.25. The van der Waals surface area contributed by atoms with E-state index in [4.69, 9.17) is 5.11 Å². The Morgan fingerprint density at radius 2 is 1.86 bits per heavy atom. The van der Waals surface area contributed by atoms with E-state index < -0.39 is 41.4 Å². The van der Waals surface area contributed by atoms with E-state index in [1.54, 1.807) is 0 Å². The molecule has 1 amide bonds. The normalized spacial score (nSPS) is 16.2. The number of carbonyl (C=O) groups excluding carboxylic acids is 1. The molecule has 0 radical (unpaired) electrons. The van der Waals surface area contributed by atoms with Gasteiger partial charge in [-0.05, 0) is 36.6 Å². The molecule has 1 N–H and O–H groups in total. The monoisotopic (exact) mass is 319 g/mol. The molecule has 1 aromatic carbocycles. The Bertz CT molecular complexity index is 623. The third-order valence-corrected chi connectivity index (χ3v) is 3.66. The van der Waals surface area contributed by atoms with Gasteiger partial charge < -0.3 is 10.0 Å². The van der Waals surface area contributed by atoms with Gasteiger partial charge in [0.1, 0.15) is 12.4 Å². The number of hydrogen-bond donors (Lipinski definition) is 1. The number of amides is 1. The molecule has 8 heteroatoms. The van der Waals surface area contributed by atoms with Crippen LogP contribution >= 0.6 is 0 Å². The van der Waals surface area contributed by atoms with Crippen molar-refractivity contribution in [3.05, 3.63) is 35.1 Å². The third kappa shape index (κ3) is 3.05. The van der Waals surface area contributed by atoms with Crippen LogP contribution in [0.15, 0.2) is 18.2 Å². The highest BCUT2D eigenvalue weighted by Gasteiger charge is 2.53. The average Bonchev–Trinajstić information content (AvgIpc) is 3.16. The summed E-state index contributed by atoms with van der Waals surface area (Å²) < 4.78 is 51.7. The molecule has 1 aliphatic carbocycles. The number of alkyl halides is 3. The van der Waals surface area contributed by atoms with Crippen LogP contribution in [0.25, 0.3) is 0 Å². The minimum Gasteiger partial charge on any atom is -0.480 e. The average molecular weight is 319 g/mol. The minimum absolute atomic E-state index is 0.0675. The molecule has 0 unspecified atom stereocenters. The molecule has 0 bridgehead atoms. The number of aliphatic carboxylic acids is 1. The molecule has 0 spiro atoms. The number of rotatable bonds is 4. The number of halogens is 4. The van der Waals surface area contributed by atoms with E-state index in [2.05, 4.69) is 0 Å². The molecule has 120 valence electrons. The summed E-state index contributed by atoms with van der Waals surface area (Å²) in [5.74, 6) is -2.93. The van der Waals surface area contributed by atoms with Crippen molar-refractivity contribution in [2.45, 2.75) is 24.4 Å². The topological polar surface area (TPSA) is 57.6 Å². The molecule has 1 aromatic rings. The quantitative estimate of drug-likeness (QED) is 0.867. The lowest BCUT2D eigenvalue weighted by atomic mass is 9.92. The molecule has 0 atom stereocenters. The first-order valence-electron chi connectivity index (χ1n) is 6.42. The highest BCUT2D eigenvalue weighted by Crippen LogP contribution is 2.50. The van der Waals surface area contributed by atoms with Crippen molar-refractivity contribution in [3.63, 3.8) is 0 Å². The van der Waals surface area contributed by atoms with Crippen LogP contribution in [0.1, 0.15) is 24.0 Å². The molecule has 2 rings (SSSR count). The van der Waals surface area contributed by atoms with Crippen molar-refractivity contribution in [3.8, 4) is 0 Å². The second kappa shape index (κ2) is 5.26. The van der Waals surface area contributed by atoms with Crippen molar-refractivity contribution < 1.29 is 32.3 Å². The van der Waals surface area contributed by atoms with Gasteiger partial charge in [0.25, 0.3) is 0 Å².